The summed E-state index contributed by atoms with van der Waals surface area (Å²) in [6.07, 6.45) is 7.19. The van der Waals surface area contributed by atoms with Gasteiger partial charge in [-0.1, -0.05) is 0 Å². The lowest BCUT2D eigenvalue weighted by Crippen LogP contribution is -2.52. The van der Waals surface area contributed by atoms with Gasteiger partial charge in [-0.2, -0.15) is 0 Å². The SMILES string of the molecule is O=C(O)COCCC(=O)OC12CC3CC(CC(C3)C1)C2. The van der Waals surface area contributed by atoms with Crippen molar-refractivity contribution in [1.29, 1.82) is 0 Å². The van der Waals surface area contributed by atoms with E-state index >= 15 is 0 Å². The van der Waals surface area contributed by atoms with Gasteiger partial charge in [0.25, 0.3) is 0 Å². The van der Waals surface area contributed by atoms with Crippen LogP contribution in [-0.4, -0.2) is 35.9 Å². The van der Waals surface area contributed by atoms with E-state index in [9.17, 15) is 9.59 Å². The summed E-state index contributed by atoms with van der Waals surface area (Å²) >= 11 is 0. The summed E-state index contributed by atoms with van der Waals surface area (Å²) in [5, 5.41) is 8.45. The summed E-state index contributed by atoms with van der Waals surface area (Å²) in [6.45, 7) is -0.234. The lowest BCUT2D eigenvalue weighted by molar-refractivity contribution is -0.187. The van der Waals surface area contributed by atoms with E-state index in [4.69, 9.17) is 14.6 Å². The second kappa shape index (κ2) is 5.35. The Morgan fingerprint density at radius 2 is 1.60 bits per heavy atom. The lowest BCUT2D eigenvalue weighted by Gasteiger charge is -2.55. The minimum Gasteiger partial charge on any atom is -0.480 e. The zero-order chi connectivity index (χ0) is 14.2. The highest BCUT2D eigenvalue weighted by molar-refractivity contribution is 5.70. The highest BCUT2D eigenvalue weighted by Gasteiger charge is 2.53. The number of carbonyl (C=O) groups excluding carboxylic acids is 1. The highest BCUT2D eigenvalue weighted by atomic mass is 16.6. The first-order valence-corrected chi connectivity index (χ1v) is 7.56. The Labute approximate surface area is 118 Å². The van der Waals surface area contributed by atoms with Gasteiger partial charge >= 0.3 is 11.9 Å². The van der Waals surface area contributed by atoms with Crippen LogP contribution in [0.1, 0.15) is 44.9 Å². The fourth-order valence-electron chi connectivity index (χ4n) is 4.76. The first kappa shape index (κ1) is 13.9. The van der Waals surface area contributed by atoms with Crippen molar-refractivity contribution in [2.45, 2.75) is 50.5 Å². The van der Waals surface area contributed by atoms with Crippen LogP contribution < -0.4 is 0 Å². The summed E-state index contributed by atoms with van der Waals surface area (Å²) in [6, 6.07) is 0. The number of carboxylic acid groups (broad SMARTS) is 1. The fraction of sp³-hybridized carbons (Fsp3) is 0.867. The number of hydrogen-bond acceptors (Lipinski definition) is 4. The van der Waals surface area contributed by atoms with Gasteiger partial charge in [0.1, 0.15) is 12.2 Å². The molecule has 0 radical (unpaired) electrons. The third-order valence-corrected chi connectivity index (χ3v) is 4.99. The van der Waals surface area contributed by atoms with Crippen LogP contribution in [0.4, 0.5) is 0 Å². The van der Waals surface area contributed by atoms with E-state index in [2.05, 4.69) is 0 Å². The molecule has 0 unspecified atom stereocenters. The van der Waals surface area contributed by atoms with Crippen molar-refractivity contribution in [1.82, 2.24) is 0 Å². The van der Waals surface area contributed by atoms with Crippen LogP contribution in [0.3, 0.4) is 0 Å². The van der Waals surface area contributed by atoms with Gasteiger partial charge in [-0.15, -0.1) is 0 Å². The Kier molecular flexibility index (Phi) is 3.71. The molecule has 4 rings (SSSR count). The Hall–Kier alpha value is -1.10. The largest absolute Gasteiger partial charge is 0.480 e. The molecule has 5 nitrogen and oxygen atoms in total. The summed E-state index contributed by atoms with van der Waals surface area (Å²) < 4.78 is 10.7. The molecule has 4 bridgehead atoms. The molecule has 4 saturated carbocycles. The zero-order valence-electron chi connectivity index (χ0n) is 11.7. The Morgan fingerprint density at radius 3 is 2.10 bits per heavy atom. The molecule has 20 heavy (non-hydrogen) atoms. The number of rotatable bonds is 6. The van der Waals surface area contributed by atoms with E-state index in [0.29, 0.717) is 0 Å². The van der Waals surface area contributed by atoms with Crippen molar-refractivity contribution in [3.63, 3.8) is 0 Å². The predicted octanol–water partition coefficient (Wildman–Crippen LogP) is 1.99. The molecule has 0 amide bonds. The average Bonchev–Trinajstić information content (AvgIpc) is 2.32. The van der Waals surface area contributed by atoms with Crippen molar-refractivity contribution >= 4 is 11.9 Å². The Balaban J connectivity index is 1.47. The topological polar surface area (TPSA) is 72.8 Å². The summed E-state index contributed by atoms with van der Waals surface area (Å²) in [5.41, 5.74) is -0.210. The second-order valence-electron chi connectivity index (χ2n) is 6.77. The van der Waals surface area contributed by atoms with Crippen LogP contribution in [0.2, 0.25) is 0 Å². The Morgan fingerprint density at radius 1 is 1.05 bits per heavy atom. The number of aliphatic carboxylic acids is 1. The van der Waals surface area contributed by atoms with Crippen molar-refractivity contribution in [2.24, 2.45) is 17.8 Å². The minimum absolute atomic E-state index is 0.123. The standard InChI is InChI=1S/C15H22O5/c16-13(17)9-19-2-1-14(18)20-15-6-10-3-11(7-15)5-12(4-10)8-15/h10-12H,1-9H2,(H,16,17). The van der Waals surface area contributed by atoms with Crippen LogP contribution >= 0.6 is 0 Å². The van der Waals surface area contributed by atoms with Gasteiger partial charge in [0.15, 0.2) is 0 Å². The van der Waals surface area contributed by atoms with Gasteiger partial charge in [0.05, 0.1) is 13.0 Å². The molecule has 112 valence electrons. The molecular weight excluding hydrogens is 260 g/mol. The summed E-state index contributed by atoms with van der Waals surface area (Å²) in [4.78, 5) is 22.2. The quantitative estimate of drug-likeness (QED) is 0.596. The maximum Gasteiger partial charge on any atom is 0.329 e. The van der Waals surface area contributed by atoms with Crippen molar-refractivity contribution in [2.75, 3.05) is 13.2 Å². The van der Waals surface area contributed by atoms with E-state index in [-0.39, 0.29) is 31.2 Å². The fourth-order valence-corrected chi connectivity index (χ4v) is 4.76. The molecule has 0 spiro atoms. The monoisotopic (exact) mass is 282 g/mol. The Bertz CT molecular complexity index is 368. The normalized spacial score (nSPS) is 37.9. The van der Waals surface area contributed by atoms with E-state index in [0.717, 1.165) is 37.0 Å². The second-order valence-corrected chi connectivity index (χ2v) is 6.77. The number of esters is 1. The zero-order valence-corrected chi connectivity index (χ0v) is 11.7. The molecule has 0 saturated heterocycles. The number of hydrogen-bond donors (Lipinski definition) is 1. The predicted molar refractivity (Wildman–Crippen MR) is 70.1 cm³/mol. The van der Waals surface area contributed by atoms with Gasteiger partial charge in [0.2, 0.25) is 0 Å². The van der Waals surface area contributed by atoms with Gasteiger partial charge in [-0.3, -0.25) is 4.79 Å². The van der Waals surface area contributed by atoms with Crippen LogP contribution in [-0.2, 0) is 19.1 Å². The molecule has 0 aliphatic heterocycles. The first-order valence-electron chi connectivity index (χ1n) is 7.56. The van der Waals surface area contributed by atoms with E-state index in [1.54, 1.807) is 0 Å². The van der Waals surface area contributed by atoms with E-state index in [1.165, 1.54) is 19.3 Å². The molecule has 4 aliphatic carbocycles. The van der Waals surface area contributed by atoms with E-state index in [1.807, 2.05) is 0 Å². The van der Waals surface area contributed by atoms with Crippen molar-refractivity contribution in [3.8, 4) is 0 Å². The number of ether oxygens (including phenoxy) is 2. The van der Waals surface area contributed by atoms with Gasteiger partial charge in [-0.25, -0.2) is 4.79 Å². The molecule has 0 aromatic heterocycles. The number of carboxylic acids is 1. The van der Waals surface area contributed by atoms with Gasteiger partial charge < -0.3 is 14.6 Å². The molecule has 5 heteroatoms. The van der Waals surface area contributed by atoms with Crippen LogP contribution in [0.15, 0.2) is 0 Å². The van der Waals surface area contributed by atoms with E-state index < -0.39 is 5.97 Å². The molecule has 4 fully saturated rings. The smallest absolute Gasteiger partial charge is 0.329 e. The average molecular weight is 282 g/mol. The number of carbonyl (C=O) groups is 2. The van der Waals surface area contributed by atoms with Crippen LogP contribution in [0.5, 0.6) is 0 Å². The molecule has 1 N–H and O–H groups in total. The van der Waals surface area contributed by atoms with Gasteiger partial charge in [-0.05, 0) is 56.3 Å². The highest BCUT2D eigenvalue weighted by Crippen LogP contribution is 2.57. The van der Waals surface area contributed by atoms with Crippen LogP contribution in [0, 0.1) is 17.8 Å². The molecule has 0 heterocycles. The first-order chi connectivity index (χ1) is 9.55. The maximum atomic E-state index is 11.9. The third-order valence-electron chi connectivity index (χ3n) is 4.99. The molecule has 4 aliphatic rings. The molecule has 0 aromatic rings. The van der Waals surface area contributed by atoms with Gasteiger partial charge in [0, 0.05) is 0 Å². The third kappa shape index (κ3) is 2.97. The van der Waals surface area contributed by atoms with Crippen molar-refractivity contribution in [3.05, 3.63) is 0 Å². The maximum absolute atomic E-state index is 11.9. The van der Waals surface area contributed by atoms with Crippen LogP contribution in [0.25, 0.3) is 0 Å². The summed E-state index contributed by atoms with van der Waals surface area (Å²) in [5.74, 6) is 0.990. The van der Waals surface area contributed by atoms with Crippen molar-refractivity contribution < 1.29 is 24.2 Å². The minimum atomic E-state index is -1.01. The molecular formula is C15H22O5. The molecule has 0 atom stereocenters. The molecule has 0 aromatic carbocycles. The lowest BCUT2D eigenvalue weighted by atomic mass is 9.54. The summed E-state index contributed by atoms with van der Waals surface area (Å²) in [7, 11) is 0.